The lowest BCUT2D eigenvalue weighted by atomic mass is 10.2. The van der Waals surface area contributed by atoms with Crippen molar-refractivity contribution in [2.24, 2.45) is 0 Å². The summed E-state index contributed by atoms with van der Waals surface area (Å²) in [7, 11) is -0.611. The van der Waals surface area contributed by atoms with E-state index in [9.17, 15) is 13.2 Å². The molecule has 0 aliphatic rings. The SMILES string of the molecule is CC(C)N(CCNC(=O)c1cccc(S(=O)(=O)N(C)C)c1)C(C)C. The number of nitrogens with zero attached hydrogens (tertiary/aromatic N) is 2. The minimum absolute atomic E-state index is 0.117. The predicted molar refractivity (Wildman–Crippen MR) is 96.6 cm³/mol. The molecule has 1 N–H and O–H groups in total. The normalized spacial score (nSPS) is 12.4. The Hall–Kier alpha value is -1.44. The van der Waals surface area contributed by atoms with Gasteiger partial charge in [0.2, 0.25) is 10.0 Å². The molecule has 0 atom stereocenters. The zero-order chi connectivity index (χ0) is 18.5. The second-order valence-corrected chi connectivity index (χ2v) is 8.65. The Kier molecular flexibility index (Phi) is 7.38. The maximum absolute atomic E-state index is 12.3. The van der Waals surface area contributed by atoms with Gasteiger partial charge in [-0.1, -0.05) is 6.07 Å². The number of carbonyl (C=O) groups excluding carboxylic acids is 1. The lowest BCUT2D eigenvalue weighted by Crippen LogP contribution is -2.42. The molecule has 0 unspecified atom stereocenters. The van der Waals surface area contributed by atoms with Crippen molar-refractivity contribution in [3.05, 3.63) is 29.8 Å². The van der Waals surface area contributed by atoms with E-state index in [4.69, 9.17) is 0 Å². The maximum Gasteiger partial charge on any atom is 0.251 e. The van der Waals surface area contributed by atoms with E-state index in [0.29, 0.717) is 24.2 Å². The van der Waals surface area contributed by atoms with Crippen LogP contribution in [0.3, 0.4) is 0 Å². The van der Waals surface area contributed by atoms with Crippen molar-refractivity contribution in [1.82, 2.24) is 14.5 Å². The number of sulfonamides is 1. The third-order valence-electron chi connectivity index (χ3n) is 3.86. The van der Waals surface area contributed by atoms with Crippen LogP contribution >= 0.6 is 0 Å². The largest absolute Gasteiger partial charge is 0.351 e. The van der Waals surface area contributed by atoms with Gasteiger partial charge in [0.15, 0.2) is 0 Å². The van der Waals surface area contributed by atoms with Crippen molar-refractivity contribution in [2.45, 2.75) is 44.7 Å². The monoisotopic (exact) mass is 355 g/mol. The zero-order valence-corrected chi connectivity index (χ0v) is 16.2. The van der Waals surface area contributed by atoms with Crippen molar-refractivity contribution in [1.29, 1.82) is 0 Å². The van der Waals surface area contributed by atoms with E-state index in [2.05, 4.69) is 37.9 Å². The van der Waals surface area contributed by atoms with E-state index in [1.165, 1.54) is 26.2 Å². The third kappa shape index (κ3) is 5.29. The molecule has 0 aromatic heterocycles. The van der Waals surface area contributed by atoms with E-state index in [-0.39, 0.29) is 10.8 Å². The Morgan fingerprint density at radius 3 is 2.21 bits per heavy atom. The van der Waals surface area contributed by atoms with Crippen LogP contribution in [-0.4, -0.2) is 62.8 Å². The fourth-order valence-corrected chi connectivity index (χ4v) is 3.47. The summed E-state index contributed by atoms with van der Waals surface area (Å²) >= 11 is 0. The average molecular weight is 356 g/mol. The van der Waals surface area contributed by atoms with Crippen LogP contribution in [0.4, 0.5) is 0 Å². The van der Waals surface area contributed by atoms with E-state index in [1.54, 1.807) is 12.1 Å². The van der Waals surface area contributed by atoms with Crippen molar-refractivity contribution >= 4 is 15.9 Å². The number of hydrogen-bond acceptors (Lipinski definition) is 4. The molecule has 24 heavy (non-hydrogen) atoms. The highest BCUT2D eigenvalue weighted by Gasteiger charge is 2.19. The second-order valence-electron chi connectivity index (χ2n) is 6.50. The van der Waals surface area contributed by atoms with Crippen LogP contribution in [0.1, 0.15) is 38.1 Å². The first-order valence-corrected chi connectivity index (χ1v) is 9.58. The third-order valence-corrected chi connectivity index (χ3v) is 5.67. The highest BCUT2D eigenvalue weighted by Crippen LogP contribution is 2.14. The Bertz CT molecular complexity index is 647. The van der Waals surface area contributed by atoms with Gasteiger partial charge >= 0.3 is 0 Å². The molecule has 0 saturated carbocycles. The lowest BCUT2D eigenvalue weighted by molar-refractivity contribution is 0.0939. The molecule has 0 spiro atoms. The van der Waals surface area contributed by atoms with Crippen LogP contribution in [-0.2, 0) is 10.0 Å². The number of nitrogens with one attached hydrogen (secondary N) is 1. The number of carbonyl (C=O) groups is 1. The molecule has 136 valence electrons. The van der Waals surface area contributed by atoms with Crippen molar-refractivity contribution < 1.29 is 13.2 Å². The van der Waals surface area contributed by atoms with E-state index in [1.807, 2.05) is 0 Å². The predicted octanol–water partition coefficient (Wildman–Crippen LogP) is 1.79. The van der Waals surface area contributed by atoms with Crippen LogP contribution in [0.25, 0.3) is 0 Å². The standard InChI is InChI=1S/C17H29N3O3S/c1-13(2)20(14(3)4)11-10-18-17(21)15-8-7-9-16(12-15)24(22,23)19(5)6/h7-9,12-14H,10-11H2,1-6H3,(H,18,21). The Morgan fingerprint density at radius 2 is 1.71 bits per heavy atom. The van der Waals surface area contributed by atoms with Gasteiger partial charge in [-0.25, -0.2) is 12.7 Å². The molecular formula is C17H29N3O3S. The Morgan fingerprint density at radius 1 is 1.12 bits per heavy atom. The fourth-order valence-electron chi connectivity index (χ4n) is 2.52. The van der Waals surface area contributed by atoms with Gasteiger partial charge in [0.05, 0.1) is 4.90 Å². The van der Waals surface area contributed by atoms with Crippen LogP contribution in [0.5, 0.6) is 0 Å². The molecule has 0 bridgehead atoms. The Labute approximate surface area is 145 Å². The summed E-state index contributed by atoms with van der Waals surface area (Å²) in [6, 6.07) is 6.90. The van der Waals surface area contributed by atoms with E-state index >= 15 is 0 Å². The molecule has 7 heteroatoms. The minimum atomic E-state index is -3.54. The molecule has 0 aliphatic carbocycles. The molecule has 1 aromatic carbocycles. The zero-order valence-electron chi connectivity index (χ0n) is 15.4. The molecule has 0 aliphatic heterocycles. The van der Waals surface area contributed by atoms with Gasteiger partial charge in [-0.05, 0) is 45.9 Å². The summed E-state index contributed by atoms with van der Waals surface area (Å²) in [5.41, 5.74) is 0.346. The number of amides is 1. The van der Waals surface area contributed by atoms with E-state index < -0.39 is 10.0 Å². The number of hydrogen-bond donors (Lipinski definition) is 1. The van der Waals surface area contributed by atoms with Gasteiger partial charge < -0.3 is 5.32 Å². The highest BCUT2D eigenvalue weighted by atomic mass is 32.2. The first kappa shape index (κ1) is 20.6. The summed E-state index contributed by atoms with van der Waals surface area (Å²) in [6.45, 7) is 9.75. The molecule has 1 rings (SSSR count). The first-order valence-electron chi connectivity index (χ1n) is 8.14. The lowest BCUT2D eigenvalue weighted by Gasteiger charge is -2.30. The van der Waals surface area contributed by atoms with Gasteiger partial charge in [0.25, 0.3) is 5.91 Å². The van der Waals surface area contributed by atoms with Crippen LogP contribution in [0.15, 0.2) is 29.2 Å². The van der Waals surface area contributed by atoms with Crippen LogP contribution < -0.4 is 5.32 Å². The average Bonchev–Trinajstić information content (AvgIpc) is 2.50. The molecule has 0 fully saturated rings. The van der Waals surface area contributed by atoms with Crippen molar-refractivity contribution in [3.63, 3.8) is 0 Å². The highest BCUT2D eigenvalue weighted by molar-refractivity contribution is 7.89. The van der Waals surface area contributed by atoms with Gasteiger partial charge in [-0.3, -0.25) is 9.69 Å². The number of rotatable bonds is 8. The molecule has 0 radical (unpaired) electrons. The van der Waals surface area contributed by atoms with Crippen molar-refractivity contribution in [3.8, 4) is 0 Å². The molecule has 1 aromatic rings. The summed E-state index contributed by atoms with van der Waals surface area (Å²) < 4.78 is 25.4. The molecule has 6 nitrogen and oxygen atoms in total. The van der Waals surface area contributed by atoms with Crippen LogP contribution in [0.2, 0.25) is 0 Å². The van der Waals surface area contributed by atoms with Gasteiger partial charge in [-0.15, -0.1) is 0 Å². The summed E-state index contributed by atoms with van der Waals surface area (Å²) in [5, 5.41) is 2.86. The van der Waals surface area contributed by atoms with Gasteiger partial charge in [-0.2, -0.15) is 0 Å². The molecular weight excluding hydrogens is 326 g/mol. The number of benzene rings is 1. The fraction of sp³-hybridized carbons (Fsp3) is 0.588. The minimum Gasteiger partial charge on any atom is -0.351 e. The first-order chi connectivity index (χ1) is 11.1. The van der Waals surface area contributed by atoms with E-state index in [0.717, 1.165) is 10.8 Å². The van der Waals surface area contributed by atoms with Gasteiger partial charge in [0.1, 0.15) is 0 Å². The molecule has 0 saturated heterocycles. The second kappa shape index (κ2) is 8.60. The summed E-state index contributed by atoms with van der Waals surface area (Å²) in [6.07, 6.45) is 0. The topological polar surface area (TPSA) is 69.7 Å². The summed E-state index contributed by atoms with van der Waals surface area (Å²) in [5.74, 6) is -0.265. The molecule has 0 heterocycles. The Balaban J connectivity index is 2.76. The van der Waals surface area contributed by atoms with Crippen molar-refractivity contribution in [2.75, 3.05) is 27.2 Å². The molecule has 1 amide bonds. The smallest absolute Gasteiger partial charge is 0.251 e. The van der Waals surface area contributed by atoms with Crippen LogP contribution in [0, 0.1) is 0 Å². The summed E-state index contributed by atoms with van der Waals surface area (Å²) in [4.78, 5) is 14.7. The quantitative estimate of drug-likeness (QED) is 0.772. The maximum atomic E-state index is 12.3. The van der Waals surface area contributed by atoms with Gasteiger partial charge in [0, 0.05) is 44.8 Å².